The number of ether oxygens (including phenoxy) is 1. The number of hydrogen-bond donors (Lipinski definition) is 2. The second-order valence-electron chi connectivity index (χ2n) is 4.26. The predicted molar refractivity (Wildman–Crippen MR) is 91.3 cm³/mol. The molecule has 0 bridgehead atoms. The third kappa shape index (κ3) is 4.81. The monoisotopic (exact) mass is 382 g/mol. The summed E-state index contributed by atoms with van der Waals surface area (Å²) in [5, 5.41) is 6.14. The lowest BCUT2D eigenvalue weighted by Gasteiger charge is -2.07. The highest BCUT2D eigenvalue weighted by Gasteiger charge is 2.06. The Morgan fingerprint density at radius 1 is 1.59 bits per heavy atom. The van der Waals surface area contributed by atoms with Crippen molar-refractivity contribution < 1.29 is 9.53 Å². The molecule has 0 saturated carbocycles. The molecule has 0 radical (unpaired) electrons. The summed E-state index contributed by atoms with van der Waals surface area (Å²) in [6.07, 6.45) is 1.69. The largest absolute Gasteiger partial charge is 0.493 e. The van der Waals surface area contributed by atoms with Crippen molar-refractivity contribution in [3.05, 3.63) is 39.3 Å². The molecule has 1 amide bonds. The Morgan fingerprint density at radius 3 is 3.09 bits per heavy atom. The van der Waals surface area contributed by atoms with Crippen LogP contribution >= 0.6 is 27.3 Å². The summed E-state index contributed by atoms with van der Waals surface area (Å²) in [6.45, 7) is 2.46. The number of carbonyl (C=O) groups is 1. The van der Waals surface area contributed by atoms with Gasteiger partial charge in [0.05, 0.1) is 24.9 Å². The molecule has 1 aromatic heterocycles. The van der Waals surface area contributed by atoms with Gasteiger partial charge < -0.3 is 10.5 Å². The molecule has 22 heavy (non-hydrogen) atoms. The molecular formula is C14H15BrN4O2S. The molecule has 0 atom stereocenters. The lowest BCUT2D eigenvalue weighted by Crippen LogP contribution is -2.20. The van der Waals surface area contributed by atoms with Crippen LogP contribution in [-0.2, 0) is 11.2 Å². The SMILES string of the molecule is CCOc1ccc(Br)cc1/C=N/NC(=O)Cc1csc(N)n1. The molecule has 2 rings (SSSR count). The van der Waals surface area contributed by atoms with Crippen molar-refractivity contribution in [2.75, 3.05) is 12.3 Å². The third-order valence-corrected chi connectivity index (χ3v) is 3.79. The van der Waals surface area contributed by atoms with E-state index in [0.29, 0.717) is 23.2 Å². The minimum Gasteiger partial charge on any atom is -0.493 e. The van der Waals surface area contributed by atoms with Gasteiger partial charge >= 0.3 is 0 Å². The summed E-state index contributed by atoms with van der Waals surface area (Å²) in [5.74, 6) is 0.450. The Labute approximate surface area is 140 Å². The van der Waals surface area contributed by atoms with E-state index >= 15 is 0 Å². The topological polar surface area (TPSA) is 89.6 Å². The summed E-state index contributed by atoms with van der Waals surface area (Å²) in [5.41, 5.74) is 9.38. The van der Waals surface area contributed by atoms with E-state index in [9.17, 15) is 4.79 Å². The van der Waals surface area contributed by atoms with Crippen LogP contribution in [0.2, 0.25) is 0 Å². The van der Waals surface area contributed by atoms with Crippen LogP contribution in [0.3, 0.4) is 0 Å². The van der Waals surface area contributed by atoms with E-state index < -0.39 is 0 Å². The van der Waals surface area contributed by atoms with E-state index in [0.717, 1.165) is 10.0 Å². The van der Waals surface area contributed by atoms with Gasteiger partial charge in [0.2, 0.25) is 5.91 Å². The van der Waals surface area contributed by atoms with Crippen molar-refractivity contribution in [1.82, 2.24) is 10.4 Å². The third-order valence-electron chi connectivity index (χ3n) is 2.58. The number of aromatic nitrogens is 1. The fraction of sp³-hybridized carbons (Fsp3) is 0.214. The number of rotatable bonds is 6. The number of nitrogens with one attached hydrogen (secondary N) is 1. The molecule has 8 heteroatoms. The van der Waals surface area contributed by atoms with Crippen LogP contribution in [0, 0.1) is 0 Å². The van der Waals surface area contributed by atoms with Gasteiger partial charge in [-0.3, -0.25) is 4.79 Å². The molecule has 1 aromatic carbocycles. The molecule has 0 aliphatic carbocycles. The highest BCUT2D eigenvalue weighted by molar-refractivity contribution is 9.10. The van der Waals surface area contributed by atoms with Crippen molar-refractivity contribution in [3.8, 4) is 5.75 Å². The normalized spacial score (nSPS) is 10.8. The molecule has 0 saturated heterocycles. The molecule has 116 valence electrons. The van der Waals surface area contributed by atoms with Gasteiger partial charge in [0.1, 0.15) is 5.75 Å². The lowest BCUT2D eigenvalue weighted by molar-refractivity contribution is -0.120. The van der Waals surface area contributed by atoms with E-state index in [4.69, 9.17) is 10.5 Å². The molecule has 2 aromatic rings. The van der Waals surface area contributed by atoms with Crippen LogP contribution in [0.5, 0.6) is 5.75 Å². The second-order valence-corrected chi connectivity index (χ2v) is 6.07. The Bertz CT molecular complexity index is 687. The van der Waals surface area contributed by atoms with Gasteiger partial charge in [-0.15, -0.1) is 11.3 Å². The quantitative estimate of drug-likeness (QED) is 0.593. The fourth-order valence-electron chi connectivity index (χ4n) is 1.69. The summed E-state index contributed by atoms with van der Waals surface area (Å²) < 4.78 is 6.40. The first kappa shape index (κ1) is 16.4. The number of thiazole rings is 1. The Hall–Kier alpha value is -1.93. The molecule has 0 unspecified atom stereocenters. The van der Waals surface area contributed by atoms with E-state index in [2.05, 4.69) is 31.4 Å². The van der Waals surface area contributed by atoms with Crippen LogP contribution in [0.1, 0.15) is 18.2 Å². The van der Waals surface area contributed by atoms with Gasteiger partial charge in [-0.25, -0.2) is 10.4 Å². The van der Waals surface area contributed by atoms with Crippen molar-refractivity contribution >= 4 is 44.5 Å². The Balaban J connectivity index is 1.97. The number of hydrazone groups is 1. The van der Waals surface area contributed by atoms with Gasteiger partial charge in [0, 0.05) is 15.4 Å². The summed E-state index contributed by atoms with van der Waals surface area (Å²) in [7, 11) is 0. The number of nitrogens with two attached hydrogens (primary N) is 1. The highest BCUT2D eigenvalue weighted by atomic mass is 79.9. The van der Waals surface area contributed by atoms with E-state index in [1.165, 1.54) is 11.3 Å². The summed E-state index contributed by atoms with van der Waals surface area (Å²) in [6, 6.07) is 5.59. The van der Waals surface area contributed by atoms with Crippen LogP contribution in [0.25, 0.3) is 0 Å². The second kappa shape index (κ2) is 7.90. The fourth-order valence-corrected chi connectivity index (χ4v) is 2.63. The average molecular weight is 383 g/mol. The number of hydrogen-bond acceptors (Lipinski definition) is 6. The first-order chi connectivity index (χ1) is 10.6. The van der Waals surface area contributed by atoms with Crippen LogP contribution in [-0.4, -0.2) is 23.7 Å². The van der Waals surface area contributed by atoms with Crippen molar-refractivity contribution in [2.45, 2.75) is 13.3 Å². The predicted octanol–water partition coefficient (Wildman–Crippen LogP) is 2.58. The molecular weight excluding hydrogens is 368 g/mol. The van der Waals surface area contributed by atoms with E-state index in [1.54, 1.807) is 11.6 Å². The first-order valence-corrected chi connectivity index (χ1v) is 8.20. The zero-order valence-corrected chi connectivity index (χ0v) is 14.3. The summed E-state index contributed by atoms with van der Waals surface area (Å²) in [4.78, 5) is 15.8. The minimum atomic E-state index is -0.255. The smallest absolute Gasteiger partial charge is 0.246 e. The zero-order valence-electron chi connectivity index (χ0n) is 11.9. The van der Waals surface area contributed by atoms with Gasteiger partial charge in [0.25, 0.3) is 0 Å². The molecule has 3 N–H and O–H groups in total. The van der Waals surface area contributed by atoms with Gasteiger partial charge in [-0.1, -0.05) is 15.9 Å². The number of nitrogen functional groups attached to an aromatic ring is 1. The molecule has 0 fully saturated rings. The van der Waals surface area contributed by atoms with Crippen molar-refractivity contribution in [1.29, 1.82) is 0 Å². The van der Waals surface area contributed by atoms with Crippen LogP contribution in [0.15, 0.2) is 33.2 Å². The van der Waals surface area contributed by atoms with Gasteiger partial charge in [-0.05, 0) is 25.1 Å². The highest BCUT2D eigenvalue weighted by Crippen LogP contribution is 2.21. The standard InChI is InChI=1S/C14H15BrN4O2S/c1-2-21-12-4-3-10(15)5-9(12)7-17-19-13(20)6-11-8-22-14(16)18-11/h3-5,7-8H,2,6H2,1H3,(H2,16,18)(H,19,20)/b17-7+. The minimum absolute atomic E-state index is 0.141. The molecule has 0 spiro atoms. The molecule has 0 aliphatic heterocycles. The first-order valence-electron chi connectivity index (χ1n) is 6.52. The number of anilines is 1. The van der Waals surface area contributed by atoms with E-state index in [-0.39, 0.29) is 12.3 Å². The Kier molecular flexibility index (Phi) is 5.91. The van der Waals surface area contributed by atoms with Gasteiger partial charge in [-0.2, -0.15) is 5.10 Å². The Morgan fingerprint density at radius 2 is 2.41 bits per heavy atom. The van der Waals surface area contributed by atoms with Crippen LogP contribution in [0.4, 0.5) is 5.13 Å². The number of halogens is 1. The molecule has 1 heterocycles. The molecule has 6 nitrogen and oxygen atoms in total. The average Bonchev–Trinajstić information content (AvgIpc) is 2.87. The van der Waals surface area contributed by atoms with Gasteiger partial charge in [0.15, 0.2) is 5.13 Å². The molecule has 0 aliphatic rings. The van der Waals surface area contributed by atoms with Crippen LogP contribution < -0.4 is 15.9 Å². The maximum atomic E-state index is 11.7. The van der Waals surface area contributed by atoms with Crippen molar-refractivity contribution in [2.24, 2.45) is 5.10 Å². The number of carbonyl (C=O) groups excluding carboxylic acids is 1. The zero-order chi connectivity index (χ0) is 15.9. The maximum absolute atomic E-state index is 11.7. The van der Waals surface area contributed by atoms with E-state index in [1.807, 2.05) is 25.1 Å². The van der Waals surface area contributed by atoms with Crippen molar-refractivity contribution in [3.63, 3.8) is 0 Å². The number of amides is 1. The summed E-state index contributed by atoms with van der Waals surface area (Å²) >= 11 is 4.69. The number of nitrogens with zero attached hydrogens (tertiary/aromatic N) is 2. The number of benzene rings is 1. The lowest BCUT2D eigenvalue weighted by atomic mass is 10.2. The maximum Gasteiger partial charge on any atom is 0.246 e.